The summed E-state index contributed by atoms with van der Waals surface area (Å²) in [7, 11) is -3.36. The fourth-order valence-corrected chi connectivity index (χ4v) is 2.38. The summed E-state index contributed by atoms with van der Waals surface area (Å²) < 4.78 is 22.9. The third kappa shape index (κ3) is 4.92. The van der Waals surface area contributed by atoms with Gasteiger partial charge in [-0.2, -0.15) is 0 Å². The van der Waals surface area contributed by atoms with Gasteiger partial charge >= 0.3 is 0 Å². The van der Waals surface area contributed by atoms with Crippen molar-refractivity contribution in [3.63, 3.8) is 0 Å². The molecule has 0 aliphatic rings. The summed E-state index contributed by atoms with van der Waals surface area (Å²) in [4.78, 5) is 10.8. The van der Waals surface area contributed by atoms with Crippen molar-refractivity contribution in [1.29, 1.82) is 0 Å². The summed E-state index contributed by atoms with van der Waals surface area (Å²) in [5.74, 6) is -0.217. The Bertz CT molecular complexity index is 570. The molecule has 112 valence electrons. The fraction of sp³-hybridized carbons (Fsp3) is 0.462. The van der Waals surface area contributed by atoms with E-state index in [9.17, 15) is 23.4 Å². The number of hydrogen-bond acceptors (Lipinski definition) is 5. The third-order valence-corrected chi connectivity index (χ3v) is 3.92. The molecule has 0 saturated carbocycles. The van der Waals surface area contributed by atoms with E-state index in [1.807, 2.05) is 0 Å². The van der Waals surface area contributed by atoms with Crippen molar-refractivity contribution < 1.29 is 23.4 Å². The summed E-state index contributed by atoms with van der Waals surface area (Å²) >= 11 is 0. The van der Waals surface area contributed by atoms with Crippen molar-refractivity contribution >= 4 is 15.7 Å². The Balaban J connectivity index is 2.76. The van der Waals surface area contributed by atoms with E-state index in [1.165, 1.54) is 25.1 Å². The van der Waals surface area contributed by atoms with Gasteiger partial charge in [-0.25, -0.2) is 8.42 Å². The standard InChI is InChI=1S/C13H19NO5S/c1-9(15)14-7-6-12(16)13(17)10-4-3-5-11(8-10)20(2,18)19/h3-5,8,12-13,16-17H,6-7H2,1-2H3,(H,14,15). The molecule has 0 aliphatic carbocycles. The van der Waals surface area contributed by atoms with Gasteiger partial charge in [0.15, 0.2) is 9.84 Å². The van der Waals surface area contributed by atoms with Crippen LogP contribution in [-0.4, -0.2) is 43.4 Å². The quantitative estimate of drug-likeness (QED) is 0.687. The molecule has 20 heavy (non-hydrogen) atoms. The van der Waals surface area contributed by atoms with Crippen molar-refractivity contribution in [2.45, 2.75) is 30.4 Å². The molecule has 0 radical (unpaired) electrons. The second kappa shape index (κ2) is 6.83. The number of benzene rings is 1. The van der Waals surface area contributed by atoms with Crippen LogP contribution >= 0.6 is 0 Å². The van der Waals surface area contributed by atoms with Crippen molar-refractivity contribution in [1.82, 2.24) is 5.32 Å². The second-order valence-corrected chi connectivity index (χ2v) is 6.64. The molecule has 1 aromatic rings. The van der Waals surface area contributed by atoms with Gasteiger partial charge in [0.1, 0.15) is 6.10 Å². The second-order valence-electron chi connectivity index (χ2n) is 4.63. The predicted octanol–water partition coefficient (Wildman–Crippen LogP) is 0.0106. The van der Waals surface area contributed by atoms with Crippen LogP contribution in [0.15, 0.2) is 29.2 Å². The summed E-state index contributed by atoms with van der Waals surface area (Å²) in [5.41, 5.74) is 0.322. The van der Waals surface area contributed by atoms with Crippen molar-refractivity contribution in [2.24, 2.45) is 0 Å². The predicted molar refractivity (Wildman–Crippen MR) is 73.8 cm³/mol. The Morgan fingerprint density at radius 1 is 1.35 bits per heavy atom. The number of amides is 1. The first-order chi connectivity index (χ1) is 9.21. The molecule has 0 fully saturated rings. The van der Waals surface area contributed by atoms with Crippen LogP contribution in [0.25, 0.3) is 0 Å². The highest BCUT2D eigenvalue weighted by Gasteiger charge is 2.19. The number of carbonyl (C=O) groups is 1. The summed E-state index contributed by atoms with van der Waals surface area (Å²) in [6.45, 7) is 1.59. The normalized spacial score (nSPS) is 14.6. The van der Waals surface area contributed by atoms with Gasteiger partial charge in [-0.15, -0.1) is 0 Å². The zero-order valence-corrected chi connectivity index (χ0v) is 12.2. The summed E-state index contributed by atoms with van der Waals surface area (Å²) in [6, 6.07) is 5.81. The van der Waals surface area contributed by atoms with Gasteiger partial charge in [0.2, 0.25) is 5.91 Å². The molecule has 3 N–H and O–H groups in total. The minimum Gasteiger partial charge on any atom is -0.390 e. The monoisotopic (exact) mass is 301 g/mol. The molecule has 0 spiro atoms. The first-order valence-corrected chi connectivity index (χ1v) is 8.01. The lowest BCUT2D eigenvalue weighted by molar-refractivity contribution is -0.119. The van der Waals surface area contributed by atoms with Gasteiger partial charge in [0.05, 0.1) is 11.0 Å². The lowest BCUT2D eigenvalue weighted by Gasteiger charge is -2.18. The molecular weight excluding hydrogens is 282 g/mol. The maximum Gasteiger partial charge on any atom is 0.216 e. The van der Waals surface area contributed by atoms with Gasteiger partial charge in [0.25, 0.3) is 0 Å². The average Bonchev–Trinajstić information content (AvgIpc) is 2.36. The number of carbonyl (C=O) groups excluding carboxylic acids is 1. The van der Waals surface area contributed by atoms with Gasteiger partial charge in [-0.3, -0.25) is 4.79 Å². The molecule has 0 aliphatic heterocycles. The number of sulfone groups is 1. The van der Waals surface area contributed by atoms with Crippen LogP contribution in [0.2, 0.25) is 0 Å². The Morgan fingerprint density at radius 3 is 2.55 bits per heavy atom. The maximum atomic E-state index is 11.4. The van der Waals surface area contributed by atoms with Crippen LogP contribution < -0.4 is 5.32 Å². The molecule has 7 heteroatoms. The fourth-order valence-electron chi connectivity index (χ4n) is 1.71. The Kier molecular flexibility index (Phi) is 5.67. The van der Waals surface area contributed by atoms with Crippen LogP contribution in [0.3, 0.4) is 0 Å². The molecule has 6 nitrogen and oxygen atoms in total. The van der Waals surface area contributed by atoms with E-state index in [0.29, 0.717) is 5.56 Å². The zero-order chi connectivity index (χ0) is 15.3. The number of aliphatic hydroxyl groups excluding tert-OH is 2. The summed E-state index contributed by atoms with van der Waals surface area (Å²) in [6.07, 6.45) is -1.04. The molecule has 0 bridgehead atoms. The molecule has 1 amide bonds. The van der Waals surface area contributed by atoms with E-state index in [1.54, 1.807) is 6.07 Å². The lowest BCUT2D eigenvalue weighted by Crippen LogP contribution is -2.27. The molecule has 2 atom stereocenters. The van der Waals surface area contributed by atoms with E-state index >= 15 is 0 Å². The summed E-state index contributed by atoms with van der Waals surface area (Å²) in [5, 5.41) is 22.3. The van der Waals surface area contributed by atoms with Crippen LogP contribution in [0.1, 0.15) is 25.0 Å². The Hall–Kier alpha value is -1.44. The maximum absolute atomic E-state index is 11.4. The van der Waals surface area contributed by atoms with E-state index in [0.717, 1.165) is 6.26 Å². The smallest absolute Gasteiger partial charge is 0.216 e. The first-order valence-electron chi connectivity index (χ1n) is 6.12. The average molecular weight is 301 g/mol. The Labute approximate surface area is 118 Å². The number of hydrogen-bond donors (Lipinski definition) is 3. The minimum atomic E-state index is -3.36. The van der Waals surface area contributed by atoms with Crippen molar-refractivity contribution in [3.05, 3.63) is 29.8 Å². The molecule has 0 saturated heterocycles. The highest BCUT2D eigenvalue weighted by Crippen LogP contribution is 2.21. The van der Waals surface area contributed by atoms with Crippen LogP contribution in [0, 0.1) is 0 Å². The molecule has 0 aromatic heterocycles. The SMILES string of the molecule is CC(=O)NCCC(O)C(O)c1cccc(S(C)(=O)=O)c1. The van der Waals surface area contributed by atoms with Crippen molar-refractivity contribution in [2.75, 3.05) is 12.8 Å². The first kappa shape index (κ1) is 16.6. The van der Waals surface area contributed by atoms with Crippen LogP contribution in [0.5, 0.6) is 0 Å². The van der Waals surface area contributed by atoms with Gasteiger partial charge in [-0.05, 0) is 24.1 Å². The van der Waals surface area contributed by atoms with E-state index in [-0.39, 0.29) is 23.8 Å². The number of rotatable bonds is 6. The van der Waals surface area contributed by atoms with Gasteiger partial charge < -0.3 is 15.5 Å². The largest absolute Gasteiger partial charge is 0.390 e. The van der Waals surface area contributed by atoms with E-state index in [2.05, 4.69) is 5.32 Å². The Morgan fingerprint density at radius 2 is 2.00 bits per heavy atom. The van der Waals surface area contributed by atoms with E-state index < -0.39 is 22.0 Å². The van der Waals surface area contributed by atoms with Gasteiger partial charge in [0, 0.05) is 19.7 Å². The topological polar surface area (TPSA) is 104 Å². The molecule has 1 aromatic carbocycles. The molecule has 0 heterocycles. The lowest BCUT2D eigenvalue weighted by atomic mass is 10.0. The molecule has 1 rings (SSSR count). The minimum absolute atomic E-state index is 0.0862. The van der Waals surface area contributed by atoms with Crippen molar-refractivity contribution in [3.8, 4) is 0 Å². The highest BCUT2D eigenvalue weighted by atomic mass is 32.2. The molecule has 2 unspecified atom stereocenters. The third-order valence-electron chi connectivity index (χ3n) is 2.81. The van der Waals surface area contributed by atoms with Crippen LogP contribution in [-0.2, 0) is 14.6 Å². The number of aliphatic hydroxyl groups is 2. The molecular formula is C13H19NO5S. The zero-order valence-electron chi connectivity index (χ0n) is 11.4. The number of nitrogens with one attached hydrogen (secondary N) is 1. The van der Waals surface area contributed by atoms with Crippen LogP contribution in [0.4, 0.5) is 0 Å². The van der Waals surface area contributed by atoms with Gasteiger partial charge in [-0.1, -0.05) is 12.1 Å². The highest BCUT2D eigenvalue weighted by molar-refractivity contribution is 7.90. The van der Waals surface area contributed by atoms with E-state index in [4.69, 9.17) is 0 Å².